The predicted octanol–water partition coefficient (Wildman–Crippen LogP) is 0.864. The second-order valence-corrected chi connectivity index (χ2v) is 3.49. The van der Waals surface area contributed by atoms with E-state index in [-0.39, 0.29) is 5.91 Å². The van der Waals surface area contributed by atoms with Crippen molar-refractivity contribution in [2.75, 3.05) is 18.1 Å². The Bertz CT molecular complexity index is 369. The Kier molecular flexibility index (Phi) is 3.74. The summed E-state index contributed by atoms with van der Waals surface area (Å²) >= 11 is 5.88. The van der Waals surface area contributed by atoms with Crippen LogP contribution in [-0.2, 0) is 4.79 Å². The molecule has 0 saturated heterocycles. The largest absolute Gasteiger partial charge is 0.397 e. The molecule has 1 amide bonds. The van der Waals surface area contributed by atoms with E-state index in [0.29, 0.717) is 16.5 Å². The summed E-state index contributed by atoms with van der Waals surface area (Å²) in [6.07, 6.45) is 1.48. The van der Waals surface area contributed by atoms with E-state index in [0.717, 1.165) is 0 Å². The molecule has 1 heterocycles. The number of nitrogens with zero attached hydrogens (tertiary/aromatic N) is 1. The summed E-state index contributed by atoms with van der Waals surface area (Å²) in [7, 11) is 1.57. The van der Waals surface area contributed by atoms with Crippen LogP contribution in [0.1, 0.15) is 6.92 Å². The summed E-state index contributed by atoms with van der Waals surface area (Å²) in [6.45, 7) is 1.72. The zero-order chi connectivity index (χ0) is 11.4. The van der Waals surface area contributed by atoms with Crippen LogP contribution < -0.4 is 16.4 Å². The van der Waals surface area contributed by atoms with Crippen molar-refractivity contribution in [1.29, 1.82) is 0 Å². The van der Waals surface area contributed by atoms with Crippen LogP contribution in [0.3, 0.4) is 0 Å². The standard InChI is InChI=1S/C9H13ClN4O/c1-5(9(15)12-2)14-8-7(10)3-6(11)4-13-8/h3-5H,11H2,1-2H3,(H,12,15)(H,13,14). The highest BCUT2D eigenvalue weighted by Gasteiger charge is 2.12. The summed E-state index contributed by atoms with van der Waals surface area (Å²) in [4.78, 5) is 15.2. The van der Waals surface area contributed by atoms with Crippen LogP contribution in [0.4, 0.5) is 11.5 Å². The summed E-state index contributed by atoms with van der Waals surface area (Å²) in [5.74, 6) is 0.312. The van der Waals surface area contributed by atoms with Crippen molar-refractivity contribution in [3.8, 4) is 0 Å². The van der Waals surface area contributed by atoms with E-state index in [2.05, 4.69) is 15.6 Å². The second kappa shape index (κ2) is 4.84. The number of halogens is 1. The highest BCUT2D eigenvalue weighted by Crippen LogP contribution is 2.21. The molecule has 1 aromatic rings. The van der Waals surface area contributed by atoms with Gasteiger partial charge in [-0.05, 0) is 13.0 Å². The van der Waals surface area contributed by atoms with Gasteiger partial charge in [0.25, 0.3) is 0 Å². The minimum Gasteiger partial charge on any atom is -0.397 e. The zero-order valence-corrected chi connectivity index (χ0v) is 9.30. The molecule has 1 unspecified atom stereocenters. The Morgan fingerprint density at radius 2 is 2.33 bits per heavy atom. The average molecular weight is 229 g/mol. The van der Waals surface area contributed by atoms with Gasteiger partial charge >= 0.3 is 0 Å². The molecule has 0 saturated carbocycles. The number of amides is 1. The van der Waals surface area contributed by atoms with Gasteiger partial charge in [-0.2, -0.15) is 0 Å². The van der Waals surface area contributed by atoms with E-state index < -0.39 is 6.04 Å². The maximum Gasteiger partial charge on any atom is 0.241 e. The molecule has 0 fully saturated rings. The molecule has 4 N–H and O–H groups in total. The lowest BCUT2D eigenvalue weighted by Crippen LogP contribution is -2.35. The number of nitrogens with two attached hydrogens (primary N) is 1. The van der Waals surface area contributed by atoms with Gasteiger partial charge < -0.3 is 16.4 Å². The topological polar surface area (TPSA) is 80.0 Å². The lowest BCUT2D eigenvalue weighted by molar-refractivity contribution is -0.121. The third-order valence-corrected chi connectivity index (χ3v) is 2.14. The molecule has 0 aliphatic carbocycles. The average Bonchev–Trinajstić information content (AvgIpc) is 2.20. The van der Waals surface area contributed by atoms with Gasteiger partial charge in [0.05, 0.1) is 16.9 Å². The molecule has 5 nitrogen and oxygen atoms in total. The van der Waals surface area contributed by atoms with E-state index in [1.54, 1.807) is 20.0 Å². The molecule has 6 heteroatoms. The molecule has 82 valence electrons. The van der Waals surface area contributed by atoms with Gasteiger partial charge in [-0.1, -0.05) is 11.6 Å². The normalized spacial score (nSPS) is 11.9. The van der Waals surface area contributed by atoms with Gasteiger partial charge in [-0.3, -0.25) is 4.79 Å². The van der Waals surface area contributed by atoms with E-state index in [4.69, 9.17) is 17.3 Å². The Morgan fingerprint density at radius 3 is 2.87 bits per heavy atom. The first-order valence-electron chi connectivity index (χ1n) is 4.43. The van der Waals surface area contributed by atoms with Crippen molar-refractivity contribution in [3.63, 3.8) is 0 Å². The fraction of sp³-hybridized carbons (Fsp3) is 0.333. The minimum absolute atomic E-state index is 0.135. The van der Waals surface area contributed by atoms with E-state index in [9.17, 15) is 4.79 Å². The number of nitrogens with one attached hydrogen (secondary N) is 2. The Balaban J connectivity index is 2.76. The van der Waals surface area contributed by atoms with E-state index >= 15 is 0 Å². The number of hydrogen-bond donors (Lipinski definition) is 3. The van der Waals surface area contributed by atoms with Crippen LogP contribution in [0, 0.1) is 0 Å². The Morgan fingerprint density at radius 1 is 1.67 bits per heavy atom. The number of nitrogen functional groups attached to an aromatic ring is 1. The first-order valence-corrected chi connectivity index (χ1v) is 4.81. The van der Waals surface area contributed by atoms with E-state index in [1.807, 2.05) is 0 Å². The van der Waals surface area contributed by atoms with Gasteiger partial charge in [0.1, 0.15) is 11.9 Å². The molecule has 15 heavy (non-hydrogen) atoms. The second-order valence-electron chi connectivity index (χ2n) is 3.08. The van der Waals surface area contributed by atoms with Crippen molar-refractivity contribution in [2.24, 2.45) is 0 Å². The molecule has 0 aliphatic heterocycles. The van der Waals surface area contributed by atoms with Crippen LogP contribution in [0.2, 0.25) is 5.02 Å². The molecule has 1 aromatic heterocycles. The van der Waals surface area contributed by atoms with Gasteiger partial charge in [-0.15, -0.1) is 0 Å². The number of hydrogen-bond acceptors (Lipinski definition) is 4. The third-order valence-electron chi connectivity index (χ3n) is 1.86. The van der Waals surface area contributed by atoms with Crippen molar-refractivity contribution in [3.05, 3.63) is 17.3 Å². The first-order chi connectivity index (χ1) is 7.04. The fourth-order valence-corrected chi connectivity index (χ4v) is 1.28. The fourth-order valence-electron chi connectivity index (χ4n) is 1.05. The van der Waals surface area contributed by atoms with Gasteiger partial charge in [0.15, 0.2) is 0 Å². The van der Waals surface area contributed by atoms with E-state index in [1.165, 1.54) is 6.20 Å². The summed E-state index contributed by atoms with van der Waals surface area (Å²) in [6, 6.07) is 1.18. The molecule has 0 bridgehead atoms. The molecular weight excluding hydrogens is 216 g/mol. The minimum atomic E-state index is -0.399. The van der Waals surface area contributed by atoms with Crippen LogP contribution >= 0.6 is 11.6 Å². The van der Waals surface area contributed by atoms with Crippen LogP contribution in [0.25, 0.3) is 0 Å². The molecule has 0 aliphatic rings. The smallest absolute Gasteiger partial charge is 0.241 e. The summed E-state index contributed by atoms with van der Waals surface area (Å²) in [5, 5.41) is 5.79. The number of aromatic nitrogens is 1. The number of carbonyl (C=O) groups is 1. The van der Waals surface area contributed by atoms with Crippen LogP contribution in [0.15, 0.2) is 12.3 Å². The van der Waals surface area contributed by atoms with Crippen LogP contribution in [-0.4, -0.2) is 24.0 Å². The van der Waals surface area contributed by atoms with Gasteiger partial charge in [-0.25, -0.2) is 4.98 Å². The molecular formula is C9H13ClN4O. The van der Waals surface area contributed by atoms with Gasteiger partial charge in [0.2, 0.25) is 5.91 Å². The molecule has 1 atom stereocenters. The summed E-state index contributed by atoms with van der Waals surface area (Å²) < 4.78 is 0. The maximum absolute atomic E-state index is 11.2. The van der Waals surface area contributed by atoms with Crippen molar-refractivity contribution >= 4 is 29.0 Å². The maximum atomic E-state index is 11.2. The number of anilines is 2. The lowest BCUT2D eigenvalue weighted by Gasteiger charge is -2.13. The SMILES string of the molecule is CNC(=O)C(C)Nc1ncc(N)cc1Cl. The molecule has 0 aromatic carbocycles. The highest BCUT2D eigenvalue weighted by atomic mass is 35.5. The lowest BCUT2D eigenvalue weighted by atomic mass is 10.3. The monoisotopic (exact) mass is 228 g/mol. The Hall–Kier alpha value is -1.49. The quantitative estimate of drug-likeness (QED) is 0.717. The molecule has 0 radical (unpaired) electrons. The van der Waals surface area contributed by atoms with Crippen molar-refractivity contribution in [2.45, 2.75) is 13.0 Å². The molecule has 0 spiro atoms. The van der Waals surface area contributed by atoms with Crippen molar-refractivity contribution < 1.29 is 4.79 Å². The Labute approximate surface area is 93.0 Å². The van der Waals surface area contributed by atoms with Gasteiger partial charge in [0, 0.05) is 7.05 Å². The molecule has 1 rings (SSSR count). The number of rotatable bonds is 3. The number of likely N-dealkylation sites (N-methyl/N-ethyl adjacent to an activating group) is 1. The number of pyridine rings is 1. The zero-order valence-electron chi connectivity index (χ0n) is 8.54. The highest BCUT2D eigenvalue weighted by molar-refractivity contribution is 6.33. The van der Waals surface area contributed by atoms with Crippen LogP contribution in [0.5, 0.6) is 0 Å². The predicted molar refractivity (Wildman–Crippen MR) is 60.8 cm³/mol. The summed E-state index contributed by atoms with van der Waals surface area (Å²) in [5.41, 5.74) is 5.97. The third kappa shape index (κ3) is 2.99. The number of carbonyl (C=O) groups excluding carboxylic acids is 1. The van der Waals surface area contributed by atoms with Crippen molar-refractivity contribution in [1.82, 2.24) is 10.3 Å². The first kappa shape index (κ1) is 11.6.